The highest BCUT2D eigenvalue weighted by molar-refractivity contribution is 6.32. The van der Waals surface area contributed by atoms with Crippen molar-refractivity contribution in [1.29, 1.82) is 0 Å². The Balaban J connectivity index is 0.00000176. The van der Waals surface area contributed by atoms with Crippen LogP contribution in [0.5, 0.6) is 11.5 Å². The molecular formula is C15H19Cl2NO4. The highest BCUT2D eigenvalue weighted by atomic mass is 35.5. The Hall–Kier alpha value is -1.17. The molecule has 1 aromatic rings. The van der Waals surface area contributed by atoms with E-state index in [1.165, 1.54) is 0 Å². The molecule has 0 atom stereocenters. The lowest BCUT2D eigenvalue weighted by atomic mass is 9.97. The fourth-order valence-corrected chi connectivity index (χ4v) is 3.14. The second-order valence-corrected chi connectivity index (χ2v) is 5.90. The smallest absolute Gasteiger partial charge is 0.306 e. The average molecular weight is 348 g/mol. The lowest BCUT2D eigenvalue weighted by Gasteiger charge is -2.30. The van der Waals surface area contributed by atoms with Gasteiger partial charge in [0.1, 0.15) is 13.2 Å². The molecule has 2 aliphatic heterocycles. The van der Waals surface area contributed by atoms with Crippen molar-refractivity contribution < 1.29 is 19.4 Å². The summed E-state index contributed by atoms with van der Waals surface area (Å²) in [6.07, 6.45) is 1.40. The second kappa shape index (κ2) is 7.40. The first-order valence-electron chi connectivity index (χ1n) is 7.16. The molecule has 2 aliphatic rings. The Morgan fingerprint density at radius 2 is 1.95 bits per heavy atom. The monoisotopic (exact) mass is 347 g/mol. The van der Waals surface area contributed by atoms with Crippen LogP contribution < -0.4 is 9.47 Å². The molecule has 0 unspecified atom stereocenters. The van der Waals surface area contributed by atoms with E-state index in [-0.39, 0.29) is 18.3 Å². The van der Waals surface area contributed by atoms with Crippen LogP contribution >= 0.6 is 24.0 Å². The van der Waals surface area contributed by atoms with Gasteiger partial charge in [0.25, 0.3) is 0 Å². The summed E-state index contributed by atoms with van der Waals surface area (Å²) in [6.45, 7) is 3.40. The van der Waals surface area contributed by atoms with E-state index in [1.54, 1.807) is 0 Å². The number of carboxylic acid groups (broad SMARTS) is 1. The Morgan fingerprint density at radius 1 is 1.27 bits per heavy atom. The normalized spacial score (nSPS) is 18.6. The average Bonchev–Trinajstić information content (AvgIpc) is 2.48. The van der Waals surface area contributed by atoms with Crippen LogP contribution in [0.25, 0.3) is 0 Å². The predicted octanol–water partition coefficient (Wildman–Crippen LogP) is 2.83. The molecule has 0 saturated carbocycles. The van der Waals surface area contributed by atoms with Crippen LogP contribution in [-0.2, 0) is 11.3 Å². The number of hydrogen-bond donors (Lipinski definition) is 1. The zero-order chi connectivity index (χ0) is 14.8. The summed E-state index contributed by atoms with van der Waals surface area (Å²) >= 11 is 6.23. The molecule has 0 spiro atoms. The molecule has 0 aliphatic carbocycles. The molecule has 0 radical (unpaired) electrons. The van der Waals surface area contributed by atoms with Gasteiger partial charge in [-0.2, -0.15) is 0 Å². The summed E-state index contributed by atoms with van der Waals surface area (Å²) in [5.41, 5.74) is 1.07. The number of halogens is 2. The van der Waals surface area contributed by atoms with Gasteiger partial charge in [0, 0.05) is 6.54 Å². The molecule has 1 N–H and O–H groups in total. The van der Waals surface area contributed by atoms with Crippen molar-refractivity contribution in [3.8, 4) is 11.5 Å². The maximum Gasteiger partial charge on any atom is 0.306 e. The van der Waals surface area contributed by atoms with Crippen LogP contribution in [-0.4, -0.2) is 42.3 Å². The summed E-state index contributed by atoms with van der Waals surface area (Å²) < 4.78 is 11.1. The van der Waals surface area contributed by atoms with Gasteiger partial charge < -0.3 is 14.6 Å². The number of aliphatic carboxylic acids is 1. The second-order valence-electron chi connectivity index (χ2n) is 5.49. The number of carbonyl (C=O) groups is 1. The van der Waals surface area contributed by atoms with Crippen LogP contribution in [0, 0.1) is 5.92 Å². The van der Waals surface area contributed by atoms with Crippen molar-refractivity contribution in [1.82, 2.24) is 4.90 Å². The van der Waals surface area contributed by atoms with Crippen molar-refractivity contribution in [2.45, 2.75) is 19.4 Å². The standard InChI is InChI=1S/C15H18ClNO4.ClH/c16-12-7-10(8-13-14(12)21-6-5-20-13)9-17-3-1-11(2-4-17)15(18)19;/h7-8,11H,1-6,9H2,(H,18,19);1H. The number of likely N-dealkylation sites (tertiary alicyclic amines) is 1. The molecule has 22 heavy (non-hydrogen) atoms. The summed E-state index contributed by atoms with van der Waals surface area (Å²) in [5, 5.41) is 9.59. The summed E-state index contributed by atoms with van der Waals surface area (Å²) in [6, 6.07) is 3.86. The van der Waals surface area contributed by atoms with E-state index in [9.17, 15) is 4.79 Å². The minimum Gasteiger partial charge on any atom is -0.486 e. The lowest BCUT2D eigenvalue weighted by Crippen LogP contribution is -2.35. The van der Waals surface area contributed by atoms with Crippen LogP contribution in [0.3, 0.4) is 0 Å². The number of piperidine rings is 1. The molecule has 2 heterocycles. The van der Waals surface area contributed by atoms with Crippen LogP contribution in [0.2, 0.25) is 5.02 Å². The minimum atomic E-state index is -0.683. The van der Waals surface area contributed by atoms with Crippen molar-refractivity contribution in [2.24, 2.45) is 5.92 Å². The zero-order valence-electron chi connectivity index (χ0n) is 12.1. The Bertz CT molecular complexity index is 545. The number of fused-ring (bicyclic) bond motifs is 1. The number of carboxylic acids is 1. The van der Waals surface area contributed by atoms with Gasteiger partial charge in [-0.1, -0.05) is 11.6 Å². The van der Waals surface area contributed by atoms with E-state index in [4.69, 9.17) is 26.2 Å². The quantitative estimate of drug-likeness (QED) is 0.910. The third-order valence-corrected chi connectivity index (χ3v) is 4.28. The number of nitrogens with zero attached hydrogens (tertiary/aromatic N) is 1. The van der Waals surface area contributed by atoms with Crippen LogP contribution in [0.4, 0.5) is 0 Å². The Kier molecular flexibility index (Phi) is 5.78. The number of hydrogen-bond acceptors (Lipinski definition) is 4. The van der Waals surface area contributed by atoms with Gasteiger partial charge in [-0.15, -0.1) is 12.4 Å². The first kappa shape index (κ1) is 17.2. The molecule has 0 amide bonds. The topological polar surface area (TPSA) is 59.0 Å². The fourth-order valence-electron chi connectivity index (χ4n) is 2.85. The first-order chi connectivity index (χ1) is 10.1. The predicted molar refractivity (Wildman–Crippen MR) is 85.3 cm³/mol. The highest BCUT2D eigenvalue weighted by Crippen LogP contribution is 2.38. The summed E-state index contributed by atoms with van der Waals surface area (Å²) in [5.74, 6) is 0.433. The maximum absolute atomic E-state index is 11.0. The van der Waals surface area contributed by atoms with Gasteiger partial charge in [-0.05, 0) is 43.6 Å². The van der Waals surface area contributed by atoms with Crippen LogP contribution in [0.1, 0.15) is 18.4 Å². The van der Waals surface area contributed by atoms with Crippen molar-refractivity contribution >= 4 is 30.0 Å². The number of benzene rings is 1. The first-order valence-corrected chi connectivity index (χ1v) is 7.54. The van der Waals surface area contributed by atoms with Crippen molar-refractivity contribution in [3.05, 3.63) is 22.7 Å². The van der Waals surface area contributed by atoms with Gasteiger partial charge in [0.05, 0.1) is 10.9 Å². The van der Waals surface area contributed by atoms with Gasteiger partial charge in [0.2, 0.25) is 0 Å². The van der Waals surface area contributed by atoms with Crippen molar-refractivity contribution in [2.75, 3.05) is 26.3 Å². The zero-order valence-corrected chi connectivity index (χ0v) is 13.7. The molecule has 1 fully saturated rings. The van der Waals surface area contributed by atoms with E-state index in [0.717, 1.165) is 25.2 Å². The number of ether oxygens (including phenoxy) is 2. The summed E-state index contributed by atoms with van der Waals surface area (Å²) in [4.78, 5) is 13.2. The van der Waals surface area contributed by atoms with Crippen LogP contribution in [0.15, 0.2) is 12.1 Å². The molecule has 0 bridgehead atoms. The largest absolute Gasteiger partial charge is 0.486 e. The molecule has 122 valence electrons. The molecule has 5 nitrogen and oxygen atoms in total. The van der Waals surface area contributed by atoms with E-state index >= 15 is 0 Å². The minimum absolute atomic E-state index is 0. The SMILES string of the molecule is Cl.O=C(O)C1CCN(Cc2cc(Cl)c3c(c2)OCCO3)CC1. The maximum atomic E-state index is 11.0. The Morgan fingerprint density at radius 3 is 2.64 bits per heavy atom. The molecule has 0 aromatic heterocycles. The highest BCUT2D eigenvalue weighted by Gasteiger charge is 2.25. The third kappa shape index (κ3) is 3.77. The summed E-state index contributed by atoms with van der Waals surface area (Å²) in [7, 11) is 0. The lowest BCUT2D eigenvalue weighted by molar-refractivity contribution is -0.143. The molecule has 1 aromatic carbocycles. The van der Waals surface area contributed by atoms with Gasteiger partial charge >= 0.3 is 5.97 Å². The fraction of sp³-hybridized carbons (Fsp3) is 0.533. The van der Waals surface area contributed by atoms with Gasteiger partial charge in [-0.25, -0.2) is 0 Å². The Labute approximate surface area is 140 Å². The number of rotatable bonds is 3. The third-order valence-electron chi connectivity index (χ3n) is 4.00. The van der Waals surface area contributed by atoms with E-state index in [2.05, 4.69) is 4.90 Å². The van der Waals surface area contributed by atoms with Crippen molar-refractivity contribution in [3.63, 3.8) is 0 Å². The molecule has 1 saturated heterocycles. The molecule has 7 heteroatoms. The van der Waals surface area contributed by atoms with Gasteiger partial charge in [-0.3, -0.25) is 9.69 Å². The van der Waals surface area contributed by atoms with E-state index < -0.39 is 5.97 Å². The molecular weight excluding hydrogens is 329 g/mol. The molecule has 3 rings (SSSR count). The van der Waals surface area contributed by atoms with E-state index in [1.807, 2.05) is 12.1 Å². The van der Waals surface area contributed by atoms with E-state index in [0.29, 0.717) is 42.6 Å². The van der Waals surface area contributed by atoms with Gasteiger partial charge in [0.15, 0.2) is 11.5 Å².